The standard InChI is InChI=1S/C13H25NO2.C11H20O2/c1-4-16-13(15)9-11-5-7-12(8-6-11)14-10(2)3;1-3-13-11(12)8-10-6-4-9(2)5-7-10/h10-12,14H,4-9H2,1-3H3;9-10H,3-8H2,1-2H3. The molecule has 1 N–H and O–H groups in total. The molecule has 0 atom stereocenters. The summed E-state index contributed by atoms with van der Waals surface area (Å²) in [6, 6.07) is 1.21. The van der Waals surface area contributed by atoms with Gasteiger partial charge in [-0.05, 0) is 70.1 Å². The normalized spacial score (nSPS) is 27.0. The minimum absolute atomic E-state index is 0.0120. The zero-order valence-corrected chi connectivity index (χ0v) is 19.5. The van der Waals surface area contributed by atoms with Crippen LogP contribution in [0.4, 0.5) is 0 Å². The van der Waals surface area contributed by atoms with Crippen LogP contribution < -0.4 is 5.32 Å². The van der Waals surface area contributed by atoms with Crippen LogP contribution in [0.1, 0.15) is 98.8 Å². The Labute approximate surface area is 178 Å². The zero-order chi connectivity index (χ0) is 21.6. The van der Waals surface area contributed by atoms with Gasteiger partial charge < -0.3 is 14.8 Å². The number of carbonyl (C=O) groups is 2. The van der Waals surface area contributed by atoms with Gasteiger partial charge in [0.05, 0.1) is 13.2 Å². The highest BCUT2D eigenvalue weighted by molar-refractivity contribution is 5.69. The van der Waals surface area contributed by atoms with Crippen LogP contribution in [0.3, 0.4) is 0 Å². The van der Waals surface area contributed by atoms with E-state index in [1.807, 2.05) is 13.8 Å². The largest absolute Gasteiger partial charge is 0.466 e. The van der Waals surface area contributed by atoms with Gasteiger partial charge in [0.1, 0.15) is 0 Å². The minimum Gasteiger partial charge on any atom is -0.466 e. The lowest BCUT2D eigenvalue weighted by atomic mass is 9.81. The average molecular weight is 412 g/mol. The summed E-state index contributed by atoms with van der Waals surface area (Å²) in [4.78, 5) is 22.5. The molecule has 0 radical (unpaired) electrons. The number of carbonyl (C=O) groups excluding carboxylic acids is 2. The summed E-state index contributed by atoms with van der Waals surface area (Å²) in [6.07, 6.45) is 10.9. The van der Waals surface area contributed by atoms with E-state index in [1.54, 1.807) is 0 Å². The molecule has 29 heavy (non-hydrogen) atoms. The first kappa shape index (κ1) is 25.9. The third-order valence-corrected chi connectivity index (χ3v) is 6.07. The van der Waals surface area contributed by atoms with Gasteiger partial charge in [-0.3, -0.25) is 9.59 Å². The summed E-state index contributed by atoms with van der Waals surface area (Å²) in [5, 5.41) is 3.56. The molecule has 0 bridgehead atoms. The van der Waals surface area contributed by atoms with Gasteiger partial charge in [-0.1, -0.05) is 33.6 Å². The molecule has 0 aromatic carbocycles. The van der Waals surface area contributed by atoms with Gasteiger partial charge in [0, 0.05) is 24.9 Å². The number of hydrogen-bond donors (Lipinski definition) is 1. The van der Waals surface area contributed by atoms with Crippen LogP contribution in [0, 0.1) is 17.8 Å². The number of rotatable bonds is 8. The lowest BCUT2D eigenvalue weighted by Crippen LogP contribution is -2.37. The first-order valence-corrected chi connectivity index (χ1v) is 11.9. The van der Waals surface area contributed by atoms with Crippen molar-refractivity contribution in [2.45, 2.75) is 111 Å². The Hall–Kier alpha value is -1.10. The molecule has 170 valence electrons. The van der Waals surface area contributed by atoms with Crippen LogP contribution in [0.2, 0.25) is 0 Å². The molecule has 0 unspecified atom stereocenters. The van der Waals surface area contributed by atoms with Crippen LogP contribution in [-0.2, 0) is 19.1 Å². The highest BCUT2D eigenvalue weighted by Crippen LogP contribution is 2.30. The van der Waals surface area contributed by atoms with E-state index in [9.17, 15) is 9.59 Å². The van der Waals surface area contributed by atoms with Crippen LogP contribution in [0.15, 0.2) is 0 Å². The summed E-state index contributed by atoms with van der Waals surface area (Å²) in [7, 11) is 0. The zero-order valence-electron chi connectivity index (χ0n) is 19.5. The van der Waals surface area contributed by atoms with Crippen molar-refractivity contribution in [3.63, 3.8) is 0 Å². The Balaban J connectivity index is 0.000000296. The Morgan fingerprint density at radius 1 is 0.793 bits per heavy atom. The molecule has 2 aliphatic carbocycles. The third kappa shape index (κ3) is 12.2. The van der Waals surface area contributed by atoms with Gasteiger partial charge in [-0.2, -0.15) is 0 Å². The van der Waals surface area contributed by atoms with E-state index in [2.05, 4.69) is 26.1 Å². The fraction of sp³-hybridized carbons (Fsp3) is 0.917. The monoisotopic (exact) mass is 411 g/mol. The fourth-order valence-corrected chi connectivity index (χ4v) is 4.45. The smallest absolute Gasteiger partial charge is 0.306 e. The predicted molar refractivity (Wildman–Crippen MR) is 118 cm³/mol. The van der Waals surface area contributed by atoms with Crippen molar-refractivity contribution in [3.8, 4) is 0 Å². The summed E-state index contributed by atoms with van der Waals surface area (Å²) in [5.41, 5.74) is 0. The molecule has 2 fully saturated rings. The molecule has 0 heterocycles. The number of esters is 2. The summed E-state index contributed by atoms with van der Waals surface area (Å²) in [5.74, 6) is 1.96. The fourth-order valence-electron chi connectivity index (χ4n) is 4.45. The van der Waals surface area contributed by atoms with Crippen LogP contribution in [0.5, 0.6) is 0 Å². The van der Waals surface area contributed by atoms with Crippen molar-refractivity contribution >= 4 is 11.9 Å². The van der Waals surface area contributed by atoms with Crippen molar-refractivity contribution in [1.29, 1.82) is 0 Å². The highest BCUT2D eigenvalue weighted by atomic mass is 16.5. The molecule has 5 heteroatoms. The van der Waals surface area contributed by atoms with E-state index < -0.39 is 0 Å². The van der Waals surface area contributed by atoms with E-state index in [0.29, 0.717) is 50.0 Å². The van der Waals surface area contributed by atoms with Gasteiger partial charge in [0.2, 0.25) is 0 Å². The first-order valence-electron chi connectivity index (χ1n) is 11.9. The number of ether oxygens (including phenoxy) is 2. The Morgan fingerprint density at radius 3 is 1.59 bits per heavy atom. The van der Waals surface area contributed by atoms with Crippen LogP contribution >= 0.6 is 0 Å². The predicted octanol–water partition coefficient (Wildman–Crippen LogP) is 5.26. The second-order valence-corrected chi connectivity index (χ2v) is 9.18. The molecule has 0 saturated heterocycles. The quantitative estimate of drug-likeness (QED) is 0.552. The van der Waals surface area contributed by atoms with Gasteiger partial charge in [-0.15, -0.1) is 0 Å². The second kappa shape index (κ2) is 14.8. The van der Waals surface area contributed by atoms with Crippen molar-refractivity contribution in [1.82, 2.24) is 5.32 Å². The SMILES string of the molecule is CCOC(=O)CC1CCC(C)CC1.CCOC(=O)CC1CCC(NC(C)C)CC1. The van der Waals surface area contributed by atoms with Gasteiger partial charge >= 0.3 is 11.9 Å². The van der Waals surface area contributed by atoms with E-state index >= 15 is 0 Å². The molecule has 2 saturated carbocycles. The van der Waals surface area contributed by atoms with E-state index in [4.69, 9.17) is 9.47 Å². The Bertz CT molecular complexity index is 450. The molecule has 0 aromatic heterocycles. The molecule has 0 amide bonds. The van der Waals surface area contributed by atoms with Crippen LogP contribution in [-0.4, -0.2) is 37.2 Å². The van der Waals surface area contributed by atoms with E-state index in [0.717, 1.165) is 18.8 Å². The van der Waals surface area contributed by atoms with E-state index in [-0.39, 0.29) is 11.9 Å². The summed E-state index contributed by atoms with van der Waals surface area (Å²) >= 11 is 0. The van der Waals surface area contributed by atoms with Crippen molar-refractivity contribution in [3.05, 3.63) is 0 Å². The molecule has 0 spiro atoms. The van der Waals surface area contributed by atoms with E-state index in [1.165, 1.54) is 38.5 Å². The maximum Gasteiger partial charge on any atom is 0.306 e. The molecule has 2 rings (SSSR count). The van der Waals surface area contributed by atoms with Gasteiger partial charge in [-0.25, -0.2) is 0 Å². The average Bonchev–Trinajstić information content (AvgIpc) is 2.66. The molecule has 2 aliphatic rings. The van der Waals surface area contributed by atoms with Gasteiger partial charge in [0.25, 0.3) is 0 Å². The second-order valence-electron chi connectivity index (χ2n) is 9.18. The lowest BCUT2D eigenvalue weighted by molar-refractivity contribution is -0.145. The van der Waals surface area contributed by atoms with Crippen molar-refractivity contribution < 1.29 is 19.1 Å². The topological polar surface area (TPSA) is 64.6 Å². The molecule has 5 nitrogen and oxygen atoms in total. The van der Waals surface area contributed by atoms with Crippen LogP contribution in [0.25, 0.3) is 0 Å². The third-order valence-electron chi connectivity index (χ3n) is 6.07. The summed E-state index contributed by atoms with van der Waals surface area (Å²) in [6.45, 7) is 11.4. The molecule has 0 aliphatic heterocycles. The summed E-state index contributed by atoms with van der Waals surface area (Å²) < 4.78 is 9.91. The first-order chi connectivity index (χ1) is 13.8. The lowest BCUT2D eigenvalue weighted by Gasteiger charge is -2.30. The maximum atomic E-state index is 11.3. The molecular formula is C24H45NO4. The number of nitrogens with one attached hydrogen (secondary N) is 1. The Kier molecular flexibility index (Phi) is 13.2. The molecular weight excluding hydrogens is 366 g/mol. The Morgan fingerprint density at radius 2 is 1.21 bits per heavy atom. The number of hydrogen-bond acceptors (Lipinski definition) is 5. The highest BCUT2D eigenvalue weighted by Gasteiger charge is 2.23. The molecule has 0 aromatic rings. The maximum absolute atomic E-state index is 11.3. The van der Waals surface area contributed by atoms with Gasteiger partial charge in [0.15, 0.2) is 0 Å². The minimum atomic E-state index is -0.0252. The van der Waals surface area contributed by atoms with Crippen molar-refractivity contribution in [2.24, 2.45) is 17.8 Å². The van der Waals surface area contributed by atoms with Crippen molar-refractivity contribution in [2.75, 3.05) is 13.2 Å².